The van der Waals surface area contributed by atoms with E-state index in [1.54, 1.807) is 19.1 Å². The third-order valence-corrected chi connectivity index (χ3v) is 1.65. The largest absolute Gasteiger partial charge is 0.441 e. The van der Waals surface area contributed by atoms with E-state index in [4.69, 9.17) is 4.42 Å². The maximum atomic E-state index is 13.1. The number of pyridine rings is 1. The highest BCUT2D eigenvalue weighted by Crippen LogP contribution is 2.21. The van der Waals surface area contributed by atoms with E-state index in [1.807, 2.05) is 0 Å². The van der Waals surface area contributed by atoms with Gasteiger partial charge in [-0.05, 0) is 12.1 Å². The molecule has 0 saturated heterocycles. The molecule has 0 unspecified atom stereocenters. The van der Waals surface area contributed by atoms with Crippen LogP contribution in [-0.2, 0) is 0 Å². The van der Waals surface area contributed by atoms with Gasteiger partial charge in [-0.25, -0.2) is 9.97 Å². The molecule has 0 aromatic carbocycles. The number of rotatable bonds is 1. The van der Waals surface area contributed by atoms with Gasteiger partial charge in [0.1, 0.15) is 0 Å². The Balaban J connectivity index is 2.52. The van der Waals surface area contributed by atoms with Gasteiger partial charge in [0.15, 0.2) is 11.7 Å². The van der Waals surface area contributed by atoms with Crippen LogP contribution in [0.1, 0.15) is 5.89 Å². The third-order valence-electron chi connectivity index (χ3n) is 1.65. The zero-order valence-corrected chi connectivity index (χ0v) is 6.99. The van der Waals surface area contributed by atoms with Crippen LogP contribution in [0, 0.1) is 12.9 Å². The standard InChI is InChI=1S/C9H7FN2O/c1-6-12-5-8(13-6)7-3-2-4-11-9(7)10/h2-5H,1H3. The number of aromatic nitrogens is 2. The lowest BCUT2D eigenvalue weighted by Crippen LogP contribution is -1.85. The minimum atomic E-state index is -0.543. The molecule has 3 nitrogen and oxygen atoms in total. The van der Waals surface area contributed by atoms with E-state index in [1.165, 1.54) is 12.4 Å². The van der Waals surface area contributed by atoms with E-state index in [0.717, 1.165) is 0 Å². The summed E-state index contributed by atoms with van der Waals surface area (Å²) in [7, 11) is 0. The summed E-state index contributed by atoms with van der Waals surface area (Å²) >= 11 is 0. The Kier molecular flexibility index (Phi) is 1.81. The number of nitrogens with zero attached hydrogens (tertiary/aromatic N) is 2. The Bertz CT molecular complexity index is 425. The molecule has 0 saturated carbocycles. The van der Waals surface area contributed by atoms with Gasteiger partial charge in [0.2, 0.25) is 5.95 Å². The SMILES string of the molecule is Cc1ncc(-c2cccnc2F)o1. The van der Waals surface area contributed by atoms with Crippen LogP contribution >= 0.6 is 0 Å². The molecule has 0 amide bonds. The number of oxazole rings is 1. The summed E-state index contributed by atoms with van der Waals surface area (Å²) < 4.78 is 18.2. The smallest absolute Gasteiger partial charge is 0.223 e. The summed E-state index contributed by atoms with van der Waals surface area (Å²) in [5, 5.41) is 0. The Morgan fingerprint density at radius 2 is 2.23 bits per heavy atom. The normalized spacial score (nSPS) is 10.3. The van der Waals surface area contributed by atoms with E-state index in [2.05, 4.69) is 9.97 Å². The lowest BCUT2D eigenvalue weighted by atomic mass is 10.2. The summed E-state index contributed by atoms with van der Waals surface area (Å²) in [6.07, 6.45) is 2.87. The summed E-state index contributed by atoms with van der Waals surface area (Å²) in [5.41, 5.74) is 0.336. The van der Waals surface area contributed by atoms with Gasteiger partial charge in [-0.3, -0.25) is 0 Å². The van der Waals surface area contributed by atoms with Crippen molar-refractivity contribution in [3.05, 3.63) is 36.4 Å². The Morgan fingerprint density at radius 1 is 1.38 bits per heavy atom. The van der Waals surface area contributed by atoms with Crippen LogP contribution in [0.5, 0.6) is 0 Å². The molecule has 2 heterocycles. The first kappa shape index (κ1) is 7.91. The predicted octanol–water partition coefficient (Wildman–Crippen LogP) is 2.18. The molecule has 2 aromatic heterocycles. The summed E-state index contributed by atoms with van der Waals surface area (Å²) in [5.74, 6) is 0.375. The van der Waals surface area contributed by atoms with Crippen molar-refractivity contribution < 1.29 is 8.81 Å². The van der Waals surface area contributed by atoms with Gasteiger partial charge in [-0.2, -0.15) is 4.39 Å². The van der Waals surface area contributed by atoms with Crippen molar-refractivity contribution in [3.63, 3.8) is 0 Å². The van der Waals surface area contributed by atoms with Crippen LogP contribution in [0.3, 0.4) is 0 Å². The quantitative estimate of drug-likeness (QED) is 0.628. The molecule has 13 heavy (non-hydrogen) atoms. The van der Waals surface area contributed by atoms with Crippen molar-refractivity contribution in [1.29, 1.82) is 0 Å². The van der Waals surface area contributed by atoms with Crippen molar-refractivity contribution in [3.8, 4) is 11.3 Å². The molecule has 0 bridgehead atoms. The fourth-order valence-electron chi connectivity index (χ4n) is 1.06. The molecule has 0 fully saturated rings. The maximum Gasteiger partial charge on any atom is 0.223 e. The van der Waals surface area contributed by atoms with Crippen molar-refractivity contribution in [2.75, 3.05) is 0 Å². The molecule has 0 aliphatic carbocycles. The summed E-state index contributed by atoms with van der Waals surface area (Å²) in [4.78, 5) is 7.38. The number of halogens is 1. The van der Waals surface area contributed by atoms with Crippen molar-refractivity contribution in [2.45, 2.75) is 6.92 Å². The summed E-state index contributed by atoms with van der Waals surface area (Å²) in [6.45, 7) is 1.71. The first-order valence-corrected chi connectivity index (χ1v) is 3.80. The fraction of sp³-hybridized carbons (Fsp3) is 0.111. The van der Waals surface area contributed by atoms with Gasteiger partial charge >= 0.3 is 0 Å². The Morgan fingerprint density at radius 3 is 2.85 bits per heavy atom. The zero-order chi connectivity index (χ0) is 9.26. The molecule has 0 aliphatic rings. The van der Waals surface area contributed by atoms with Crippen molar-refractivity contribution >= 4 is 0 Å². The maximum absolute atomic E-state index is 13.1. The molecule has 2 aromatic rings. The average Bonchev–Trinajstić information content (AvgIpc) is 2.53. The summed E-state index contributed by atoms with van der Waals surface area (Å²) in [6, 6.07) is 3.25. The average molecular weight is 178 g/mol. The molecule has 0 aliphatic heterocycles. The van der Waals surface area contributed by atoms with E-state index in [-0.39, 0.29) is 0 Å². The van der Waals surface area contributed by atoms with Crippen LogP contribution < -0.4 is 0 Å². The van der Waals surface area contributed by atoms with E-state index in [9.17, 15) is 4.39 Å². The van der Waals surface area contributed by atoms with Gasteiger partial charge in [0.05, 0.1) is 11.8 Å². The second-order valence-electron chi connectivity index (χ2n) is 2.59. The highest BCUT2D eigenvalue weighted by atomic mass is 19.1. The molecule has 0 radical (unpaired) electrons. The Hall–Kier alpha value is -1.71. The van der Waals surface area contributed by atoms with Crippen LogP contribution in [0.15, 0.2) is 28.9 Å². The zero-order valence-electron chi connectivity index (χ0n) is 6.99. The van der Waals surface area contributed by atoms with Gasteiger partial charge in [-0.15, -0.1) is 0 Å². The van der Waals surface area contributed by atoms with Crippen LogP contribution in [-0.4, -0.2) is 9.97 Å². The minimum absolute atomic E-state index is 0.336. The highest BCUT2D eigenvalue weighted by Gasteiger charge is 2.08. The molecule has 66 valence electrons. The third kappa shape index (κ3) is 1.42. The van der Waals surface area contributed by atoms with Gasteiger partial charge < -0.3 is 4.42 Å². The fourth-order valence-corrected chi connectivity index (χ4v) is 1.06. The van der Waals surface area contributed by atoms with Gasteiger partial charge in [0, 0.05) is 13.1 Å². The van der Waals surface area contributed by atoms with Gasteiger partial charge in [0.25, 0.3) is 0 Å². The lowest BCUT2D eigenvalue weighted by Gasteiger charge is -1.95. The van der Waals surface area contributed by atoms with Crippen LogP contribution in [0.25, 0.3) is 11.3 Å². The molecule has 0 spiro atoms. The molecule has 0 N–H and O–H groups in total. The minimum Gasteiger partial charge on any atom is -0.441 e. The number of hydrogen-bond acceptors (Lipinski definition) is 3. The van der Waals surface area contributed by atoms with E-state index in [0.29, 0.717) is 17.2 Å². The van der Waals surface area contributed by atoms with Crippen molar-refractivity contribution in [1.82, 2.24) is 9.97 Å². The predicted molar refractivity (Wildman–Crippen MR) is 44.4 cm³/mol. The monoisotopic (exact) mass is 178 g/mol. The number of aryl methyl sites for hydroxylation is 1. The van der Waals surface area contributed by atoms with Gasteiger partial charge in [-0.1, -0.05) is 0 Å². The van der Waals surface area contributed by atoms with Crippen LogP contribution in [0.4, 0.5) is 4.39 Å². The molecular weight excluding hydrogens is 171 g/mol. The molecule has 2 rings (SSSR count). The second-order valence-corrected chi connectivity index (χ2v) is 2.59. The first-order valence-electron chi connectivity index (χ1n) is 3.80. The number of hydrogen-bond donors (Lipinski definition) is 0. The van der Waals surface area contributed by atoms with E-state index >= 15 is 0 Å². The molecular formula is C9H7FN2O. The highest BCUT2D eigenvalue weighted by molar-refractivity contribution is 5.55. The lowest BCUT2D eigenvalue weighted by molar-refractivity contribution is 0.523. The molecule has 4 heteroatoms. The topological polar surface area (TPSA) is 38.9 Å². The van der Waals surface area contributed by atoms with E-state index < -0.39 is 5.95 Å². The van der Waals surface area contributed by atoms with Crippen LogP contribution in [0.2, 0.25) is 0 Å². The van der Waals surface area contributed by atoms with Crippen molar-refractivity contribution in [2.24, 2.45) is 0 Å². The Labute approximate surface area is 74.3 Å². The second kappa shape index (κ2) is 2.97. The molecule has 0 atom stereocenters. The first-order chi connectivity index (χ1) is 6.27.